The number of benzene rings is 1. The van der Waals surface area contributed by atoms with E-state index < -0.39 is 0 Å². The molecule has 0 unspecified atom stereocenters. The number of amides is 1. The smallest absolute Gasteiger partial charge is 0.267 e. The van der Waals surface area contributed by atoms with Crippen molar-refractivity contribution < 1.29 is 4.79 Å². The van der Waals surface area contributed by atoms with Crippen LogP contribution < -0.4 is 15.9 Å². The molecule has 0 saturated heterocycles. The van der Waals surface area contributed by atoms with Gasteiger partial charge in [0.15, 0.2) is 0 Å². The van der Waals surface area contributed by atoms with E-state index in [4.69, 9.17) is 11.6 Å². The second-order valence-electron chi connectivity index (χ2n) is 4.48. The van der Waals surface area contributed by atoms with E-state index in [9.17, 15) is 4.79 Å². The molecule has 2 N–H and O–H groups in total. The number of nitrogens with one attached hydrogen (secondary N) is 2. The summed E-state index contributed by atoms with van der Waals surface area (Å²) in [6, 6.07) is 11.6. The minimum atomic E-state index is -0.146. The molecule has 108 valence electrons. The molecule has 0 saturated carbocycles. The number of aromatic nitrogens is 1. The molecule has 1 aromatic heterocycles. The Bertz CT molecular complexity index is 732. The number of H-pyrrole nitrogens is 1. The Kier molecular flexibility index (Phi) is 5.41. The molecule has 0 spiro atoms. The molecule has 3 nitrogen and oxygen atoms in total. The highest BCUT2D eigenvalue weighted by molar-refractivity contribution is 6.20. The number of carbonyl (C=O) groups is 1. The molecule has 1 aromatic carbocycles. The third-order valence-corrected chi connectivity index (χ3v) is 3.15. The van der Waals surface area contributed by atoms with Crippen LogP contribution in [-0.2, 0) is 6.54 Å². The van der Waals surface area contributed by atoms with Gasteiger partial charge in [-0.3, -0.25) is 4.79 Å². The summed E-state index contributed by atoms with van der Waals surface area (Å²) in [5.41, 5.74) is 1.57. The fourth-order valence-electron chi connectivity index (χ4n) is 1.99. The maximum absolute atomic E-state index is 12.2. The minimum absolute atomic E-state index is 0.146. The third-order valence-electron chi connectivity index (χ3n) is 3.00. The van der Waals surface area contributed by atoms with Crippen molar-refractivity contribution in [1.82, 2.24) is 10.3 Å². The molecular weight excluding hydrogens is 284 g/mol. The van der Waals surface area contributed by atoms with Crippen molar-refractivity contribution in [2.24, 2.45) is 0 Å². The number of rotatable bonds is 5. The standard InChI is InChI=1S/C17H17ClN2O/c1-2-6-14-11-16(20-15(14)9-10-18)17(21)19-12-13-7-4-3-5-8-13/h2-9,11,20H,1,10,12H2,(H,19,21)/b14-6-,15-9+. The zero-order valence-electron chi connectivity index (χ0n) is 11.6. The number of allylic oxidation sites excluding steroid dienone is 1. The zero-order chi connectivity index (χ0) is 15.1. The molecule has 0 aliphatic rings. The summed E-state index contributed by atoms with van der Waals surface area (Å²) in [5, 5.41) is 4.61. The summed E-state index contributed by atoms with van der Waals surface area (Å²) in [6.07, 6.45) is 5.34. The highest BCUT2D eigenvalue weighted by Crippen LogP contribution is 1.98. The molecule has 0 atom stereocenters. The van der Waals surface area contributed by atoms with Crippen LogP contribution in [0.4, 0.5) is 0 Å². The molecular formula is C17H17ClN2O. The first kappa shape index (κ1) is 15.1. The summed E-state index contributed by atoms with van der Waals surface area (Å²) in [5.74, 6) is 0.232. The summed E-state index contributed by atoms with van der Waals surface area (Å²) in [4.78, 5) is 15.2. The molecule has 1 amide bonds. The van der Waals surface area contributed by atoms with Crippen LogP contribution in [0.15, 0.2) is 49.1 Å². The van der Waals surface area contributed by atoms with E-state index >= 15 is 0 Å². The van der Waals surface area contributed by atoms with E-state index in [1.807, 2.05) is 42.5 Å². The third kappa shape index (κ3) is 4.10. The summed E-state index contributed by atoms with van der Waals surface area (Å²) in [6.45, 7) is 4.16. The Morgan fingerprint density at radius 1 is 1.33 bits per heavy atom. The SMILES string of the molecule is C=C/C=c1/cc(C(=O)NCc2ccccc2)[nH]/c1=C/CCl. The van der Waals surface area contributed by atoms with Crippen molar-refractivity contribution >= 4 is 29.7 Å². The van der Waals surface area contributed by atoms with Crippen molar-refractivity contribution in [2.45, 2.75) is 6.54 Å². The number of aromatic amines is 1. The van der Waals surface area contributed by atoms with Crippen molar-refractivity contribution in [1.29, 1.82) is 0 Å². The van der Waals surface area contributed by atoms with Gasteiger partial charge in [-0.05, 0) is 22.9 Å². The van der Waals surface area contributed by atoms with Crippen LogP contribution >= 0.6 is 11.6 Å². The number of hydrogen-bond donors (Lipinski definition) is 2. The van der Waals surface area contributed by atoms with Crippen LogP contribution in [0.5, 0.6) is 0 Å². The fourth-order valence-corrected chi connectivity index (χ4v) is 2.15. The lowest BCUT2D eigenvalue weighted by atomic mass is 10.2. The van der Waals surface area contributed by atoms with Gasteiger partial charge in [0.2, 0.25) is 0 Å². The second kappa shape index (κ2) is 7.50. The zero-order valence-corrected chi connectivity index (χ0v) is 12.4. The molecule has 0 aliphatic carbocycles. The van der Waals surface area contributed by atoms with Crippen molar-refractivity contribution in [3.8, 4) is 0 Å². The number of hydrogen-bond acceptors (Lipinski definition) is 1. The van der Waals surface area contributed by atoms with E-state index in [-0.39, 0.29) is 5.91 Å². The summed E-state index contributed by atoms with van der Waals surface area (Å²) >= 11 is 5.72. The van der Waals surface area contributed by atoms with Crippen molar-refractivity contribution in [2.75, 3.05) is 5.88 Å². The van der Waals surface area contributed by atoms with E-state index in [1.54, 1.807) is 12.1 Å². The Morgan fingerprint density at radius 2 is 2.10 bits per heavy atom. The van der Waals surface area contributed by atoms with Gasteiger partial charge in [0.1, 0.15) is 5.69 Å². The lowest BCUT2D eigenvalue weighted by Gasteiger charge is -2.03. The predicted molar refractivity (Wildman–Crippen MR) is 87.5 cm³/mol. The largest absolute Gasteiger partial charge is 0.351 e. The highest BCUT2D eigenvalue weighted by Gasteiger charge is 2.07. The summed E-state index contributed by atoms with van der Waals surface area (Å²) in [7, 11) is 0. The Balaban J connectivity index is 2.16. The monoisotopic (exact) mass is 300 g/mol. The molecule has 0 bridgehead atoms. The van der Waals surface area contributed by atoms with Crippen LogP contribution in [0.2, 0.25) is 0 Å². The fraction of sp³-hybridized carbons (Fsp3) is 0.118. The average Bonchev–Trinajstić information content (AvgIpc) is 2.90. The highest BCUT2D eigenvalue weighted by atomic mass is 35.5. The van der Waals surface area contributed by atoms with Gasteiger partial charge in [-0.15, -0.1) is 11.6 Å². The summed E-state index contributed by atoms with van der Waals surface area (Å²) < 4.78 is 0. The number of alkyl halides is 1. The van der Waals surface area contributed by atoms with Gasteiger partial charge in [0.05, 0.1) is 0 Å². The van der Waals surface area contributed by atoms with Crippen molar-refractivity contribution in [3.63, 3.8) is 0 Å². The van der Waals surface area contributed by atoms with Gasteiger partial charge in [-0.2, -0.15) is 0 Å². The normalized spacial score (nSPS) is 12.4. The van der Waals surface area contributed by atoms with Crippen LogP contribution in [0, 0.1) is 0 Å². The quantitative estimate of drug-likeness (QED) is 0.814. The van der Waals surface area contributed by atoms with E-state index in [2.05, 4.69) is 16.9 Å². The topological polar surface area (TPSA) is 44.9 Å². The number of halogens is 1. The van der Waals surface area contributed by atoms with E-state index in [1.165, 1.54) is 0 Å². The molecule has 2 aromatic rings. The van der Waals surface area contributed by atoms with Gasteiger partial charge in [-0.1, -0.05) is 49.1 Å². The van der Waals surface area contributed by atoms with Gasteiger partial charge < -0.3 is 10.3 Å². The maximum atomic E-state index is 12.2. The van der Waals surface area contributed by atoms with E-state index in [0.29, 0.717) is 18.1 Å². The first-order valence-electron chi connectivity index (χ1n) is 6.64. The van der Waals surface area contributed by atoms with Gasteiger partial charge in [-0.25, -0.2) is 0 Å². The maximum Gasteiger partial charge on any atom is 0.267 e. The van der Waals surface area contributed by atoms with Gasteiger partial charge >= 0.3 is 0 Å². The minimum Gasteiger partial charge on any atom is -0.351 e. The first-order chi connectivity index (χ1) is 10.2. The predicted octanol–water partition coefficient (Wildman–Crippen LogP) is 1.93. The molecule has 0 fully saturated rings. The average molecular weight is 301 g/mol. The van der Waals surface area contributed by atoms with Crippen LogP contribution in [0.3, 0.4) is 0 Å². The molecule has 21 heavy (non-hydrogen) atoms. The van der Waals surface area contributed by atoms with Gasteiger partial charge in [0, 0.05) is 17.8 Å². The van der Waals surface area contributed by atoms with Gasteiger partial charge in [0.25, 0.3) is 5.91 Å². The van der Waals surface area contributed by atoms with Crippen LogP contribution in [0.25, 0.3) is 12.2 Å². The Morgan fingerprint density at radius 3 is 2.76 bits per heavy atom. The van der Waals surface area contributed by atoms with Crippen molar-refractivity contribution in [3.05, 3.63) is 70.9 Å². The Labute approximate surface area is 128 Å². The van der Waals surface area contributed by atoms with Crippen LogP contribution in [-0.4, -0.2) is 16.8 Å². The number of carbonyl (C=O) groups excluding carboxylic acids is 1. The lowest BCUT2D eigenvalue weighted by molar-refractivity contribution is 0.0946. The second-order valence-corrected chi connectivity index (χ2v) is 4.79. The van der Waals surface area contributed by atoms with Crippen LogP contribution in [0.1, 0.15) is 16.1 Å². The Hall–Kier alpha value is -2.26. The molecule has 2 rings (SSSR count). The molecule has 1 heterocycles. The van der Waals surface area contributed by atoms with E-state index in [0.717, 1.165) is 16.1 Å². The molecule has 0 radical (unpaired) electrons. The first-order valence-corrected chi connectivity index (χ1v) is 7.18. The molecule has 0 aliphatic heterocycles. The lowest BCUT2D eigenvalue weighted by Crippen LogP contribution is -2.24. The molecule has 4 heteroatoms.